The predicted octanol–water partition coefficient (Wildman–Crippen LogP) is 1.16. The number of esters is 1. The van der Waals surface area contributed by atoms with Gasteiger partial charge in [0.05, 0.1) is 19.3 Å². The summed E-state index contributed by atoms with van der Waals surface area (Å²) < 4.78 is 9.76. The van der Waals surface area contributed by atoms with Gasteiger partial charge in [-0.2, -0.15) is 0 Å². The van der Waals surface area contributed by atoms with Crippen LogP contribution in [0.15, 0.2) is 23.8 Å². The van der Waals surface area contributed by atoms with E-state index in [1.54, 1.807) is 7.11 Å². The highest BCUT2D eigenvalue weighted by Crippen LogP contribution is 2.51. The zero-order valence-corrected chi connectivity index (χ0v) is 8.40. The van der Waals surface area contributed by atoms with Crippen LogP contribution < -0.4 is 0 Å². The van der Waals surface area contributed by atoms with Crippen LogP contribution in [0.4, 0.5) is 0 Å². The van der Waals surface area contributed by atoms with Gasteiger partial charge in [0.2, 0.25) is 0 Å². The fourth-order valence-electron chi connectivity index (χ4n) is 2.08. The number of allylic oxidation sites excluding steroid dienone is 2. The van der Waals surface area contributed by atoms with Crippen molar-refractivity contribution in [1.82, 2.24) is 0 Å². The standard InChI is InChI=1S/C11H14O3/c1-13-6-10-8-4-3-7(5-9(8)10)11(12)14-2/h3-5,8-10H,6H2,1-2H3. The molecule has 0 spiro atoms. The van der Waals surface area contributed by atoms with Crippen molar-refractivity contribution in [3.05, 3.63) is 23.8 Å². The maximum atomic E-state index is 11.2. The number of rotatable bonds is 3. The van der Waals surface area contributed by atoms with Gasteiger partial charge in [-0.25, -0.2) is 4.79 Å². The molecule has 0 saturated heterocycles. The van der Waals surface area contributed by atoms with Crippen molar-refractivity contribution in [2.45, 2.75) is 0 Å². The van der Waals surface area contributed by atoms with Crippen LogP contribution in [0, 0.1) is 17.8 Å². The molecule has 0 aromatic rings. The predicted molar refractivity (Wildman–Crippen MR) is 51.6 cm³/mol. The lowest BCUT2D eigenvalue weighted by Crippen LogP contribution is -2.04. The molecule has 1 saturated carbocycles. The molecular weight excluding hydrogens is 180 g/mol. The molecule has 0 amide bonds. The third-order valence-corrected chi connectivity index (χ3v) is 2.94. The van der Waals surface area contributed by atoms with E-state index < -0.39 is 0 Å². The van der Waals surface area contributed by atoms with Crippen LogP contribution in [0.2, 0.25) is 0 Å². The normalized spacial score (nSPS) is 33.3. The summed E-state index contributed by atoms with van der Waals surface area (Å²) in [5.41, 5.74) is 0.673. The summed E-state index contributed by atoms with van der Waals surface area (Å²) in [6, 6.07) is 0. The maximum Gasteiger partial charge on any atom is 0.337 e. The van der Waals surface area contributed by atoms with Crippen LogP contribution in [-0.4, -0.2) is 26.8 Å². The topological polar surface area (TPSA) is 35.5 Å². The average Bonchev–Trinajstić information content (AvgIpc) is 2.90. The van der Waals surface area contributed by atoms with Crippen LogP contribution in [0.25, 0.3) is 0 Å². The van der Waals surface area contributed by atoms with Crippen LogP contribution >= 0.6 is 0 Å². The first-order valence-electron chi connectivity index (χ1n) is 4.75. The van der Waals surface area contributed by atoms with Gasteiger partial charge < -0.3 is 9.47 Å². The largest absolute Gasteiger partial charge is 0.465 e. The molecule has 0 radical (unpaired) electrons. The molecule has 2 rings (SSSR count). The Bertz CT molecular complexity index is 304. The molecule has 3 unspecified atom stereocenters. The second-order valence-electron chi connectivity index (χ2n) is 3.75. The Morgan fingerprint density at radius 1 is 1.43 bits per heavy atom. The summed E-state index contributed by atoms with van der Waals surface area (Å²) >= 11 is 0. The summed E-state index contributed by atoms with van der Waals surface area (Å²) in [5, 5.41) is 0. The molecule has 0 aromatic heterocycles. The zero-order valence-electron chi connectivity index (χ0n) is 8.40. The fraction of sp³-hybridized carbons (Fsp3) is 0.545. The lowest BCUT2D eigenvalue weighted by atomic mass is 10.1. The van der Waals surface area contributed by atoms with E-state index >= 15 is 0 Å². The van der Waals surface area contributed by atoms with E-state index in [1.807, 2.05) is 12.2 Å². The summed E-state index contributed by atoms with van der Waals surface area (Å²) in [5.74, 6) is 1.36. The highest BCUT2D eigenvalue weighted by atomic mass is 16.5. The minimum absolute atomic E-state index is 0.247. The van der Waals surface area contributed by atoms with E-state index in [9.17, 15) is 4.79 Å². The van der Waals surface area contributed by atoms with Crippen molar-refractivity contribution in [2.75, 3.05) is 20.8 Å². The molecule has 14 heavy (non-hydrogen) atoms. The molecule has 3 heteroatoms. The molecule has 3 nitrogen and oxygen atoms in total. The summed E-state index contributed by atoms with van der Waals surface area (Å²) in [6.07, 6.45) is 5.93. The first kappa shape index (κ1) is 9.46. The lowest BCUT2D eigenvalue weighted by molar-refractivity contribution is -0.135. The van der Waals surface area contributed by atoms with Gasteiger partial charge in [0.15, 0.2) is 0 Å². The number of carbonyl (C=O) groups excluding carboxylic acids is 1. The molecule has 3 atom stereocenters. The number of hydrogen-bond acceptors (Lipinski definition) is 3. The Kier molecular flexibility index (Phi) is 2.42. The number of ether oxygens (including phenoxy) is 2. The van der Waals surface area contributed by atoms with Crippen LogP contribution in [0.3, 0.4) is 0 Å². The van der Waals surface area contributed by atoms with Crippen LogP contribution in [-0.2, 0) is 14.3 Å². The summed E-state index contributed by atoms with van der Waals surface area (Å²) in [4.78, 5) is 11.2. The monoisotopic (exact) mass is 194 g/mol. The maximum absolute atomic E-state index is 11.2. The van der Waals surface area contributed by atoms with E-state index in [-0.39, 0.29) is 5.97 Å². The Morgan fingerprint density at radius 3 is 2.86 bits per heavy atom. The Labute approximate surface area is 83.4 Å². The molecule has 2 aliphatic carbocycles. The van der Waals surface area contributed by atoms with E-state index in [2.05, 4.69) is 10.8 Å². The molecule has 0 aromatic carbocycles. The van der Waals surface area contributed by atoms with Gasteiger partial charge in [-0.3, -0.25) is 0 Å². The number of methoxy groups -OCH3 is 2. The summed E-state index contributed by atoms with van der Waals surface area (Å²) in [7, 11) is 3.11. The van der Waals surface area contributed by atoms with E-state index in [0.717, 1.165) is 6.61 Å². The minimum Gasteiger partial charge on any atom is -0.465 e. The molecule has 0 aliphatic heterocycles. The van der Waals surface area contributed by atoms with Gasteiger partial charge in [0.25, 0.3) is 0 Å². The van der Waals surface area contributed by atoms with Crippen LogP contribution in [0.5, 0.6) is 0 Å². The first-order valence-corrected chi connectivity index (χ1v) is 4.75. The van der Waals surface area contributed by atoms with Crippen molar-refractivity contribution < 1.29 is 14.3 Å². The highest BCUT2D eigenvalue weighted by molar-refractivity contribution is 5.92. The van der Waals surface area contributed by atoms with E-state index in [0.29, 0.717) is 23.3 Å². The number of fused-ring (bicyclic) bond motifs is 1. The Morgan fingerprint density at radius 2 is 2.21 bits per heavy atom. The number of hydrogen-bond donors (Lipinski definition) is 0. The first-order chi connectivity index (χ1) is 6.77. The van der Waals surface area contributed by atoms with Crippen molar-refractivity contribution in [1.29, 1.82) is 0 Å². The molecule has 0 bridgehead atoms. The molecule has 0 N–H and O–H groups in total. The van der Waals surface area contributed by atoms with Gasteiger partial charge in [-0.1, -0.05) is 18.2 Å². The summed E-state index contributed by atoms with van der Waals surface area (Å²) in [6.45, 7) is 0.768. The van der Waals surface area contributed by atoms with Crippen molar-refractivity contribution >= 4 is 5.97 Å². The smallest absolute Gasteiger partial charge is 0.337 e. The Balaban J connectivity index is 2.03. The van der Waals surface area contributed by atoms with Gasteiger partial charge >= 0.3 is 5.97 Å². The molecule has 2 aliphatic rings. The van der Waals surface area contributed by atoms with Crippen molar-refractivity contribution in [3.8, 4) is 0 Å². The van der Waals surface area contributed by atoms with Crippen molar-refractivity contribution in [2.24, 2.45) is 17.8 Å². The second kappa shape index (κ2) is 3.58. The average molecular weight is 194 g/mol. The third-order valence-electron chi connectivity index (χ3n) is 2.94. The van der Waals surface area contributed by atoms with Gasteiger partial charge in [-0.15, -0.1) is 0 Å². The third kappa shape index (κ3) is 1.48. The highest BCUT2D eigenvalue weighted by Gasteiger charge is 2.48. The minimum atomic E-state index is -0.247. The molecule has 0 heterocycles. The van der Waals surface area contributed by atoms with Gasteiger partial charge in [0, 0.05) is 7.11 Å². The Hall–Kier alpha value is -1.09. The van der Waals surface area contributed by atoms with Crippen molar-refractivity contribution in [3.63, 3.8) is 0 Å². The molecule has 76 valence electrons. The van der Waals surface area contributed by atoms with E-state index in [4.69, 9.17) is 4.74 Å². The number of carbonyl (C=O) groups is 1. The van der Waals surface area contributed by atoms with Gasteiger partial charge in [-0.05, 0) is 17.8 Å². The zero-order chi connectivity index (χ0) is 10.1. The fourth-order valence-corrected chi connectivity index (χ4v) is 2.08. The van der Waals surface area contributed by atoms with Crippen LogP contribution in [0.1, 0.15) is 0 Å². The lowest BCUT2D eigenvalue weighted by Gasteiger charge is -2.02. The second-order valence-corrected chi connectivity index (χ2v) is 3.75. The molecular formula is C11H14O3. The quantitative estimate of drug-likeness (QED) is 0.632. The van der Waals surface area contributed by atoms with Gasteiger partial charge in [0.1, 0.15) is 0 Å². The molecule has 1 fully saturated rings. The van der Waals surface area contributed by atoms with E-state index in [1.165, 1.54) is 7.11 Å². The SMILES string of the molecule is COCC1C2C=CC(C(=O)OC)=CC21.